The molecule has 10 rings (SSSR count). The molecule has 0 atom stereocenters. The fraction of sp³-hybridized carbons (Fsp3) is 0.0732. The van der Waals surface area contributed by atoms with Crippen LogP contribution in [0.4, 0.5) is 0 Å². The average molecular weight is 609 g/mol. The van der Waals surface area contributed by atoms with Gasteiger partial charge in [0.25, 0.3) is 0 Å². The number of hydrogen-bond donors (Lipinski definition) is 0. The summed E-state index contributed by atoms with van der Waals surface area (Å²) in [6, 6.07) is 41.2. The highest BCUT2D eigenvalue weighted by atomic mass is 32.1. The van der Waals surface area contributed by atoms with Gasteiger partial charge in [-0.3, -0.25) is 4.57 Å². The van der Waals surface area contributed by atoms with E-state index in [0.29, 0.717) is 5.95 Å². The van der Waals surface area contributed by atoms with Crippen molar-refractivity contribution >= 4 is 70.3 Å². The SMILES string of the molecule is CC1(C)C=Cc2nc(-n3c4ccccc4c4ccc5c(ccn5-c5ccccc5)c43)nc(-c3cccc4c3sc3ccccc34)c21. The standard InChI is InChI=1S/C41H28N4S/c1-41(2)23-21-32-36(41)37(31-16-10-15-29-27-14-7-9-18-35(27)46-39(29)31)43-40(42-32)45-34-17-8-6-13-26(34)28-19-20-33-30(38(28)45)22-24-44(33)25-11-4-3-5-12-25/h3-24H,1-2H3. The van der Waals surface area contributed by atoms with Gasteiger partial charge in [-0.05, 0) is 42.5 Å². The Morgan fingerprint density at radius 1 is 0.630 bits per heavy atom. The fourth-order valence-corrected chi connectivity index (χ4v) is 8.74. The molecule has 4 heterocycles. The van der Waals surface area contributed by atoms with Crippen LogP contribution < -0.4 is 0 Å². The van der Waals surface area contributed by atoms with Gasteiger partial charge >= 0.3 is 0 Å². The second-order valence-corrected chi connectivity index (χ2v) is 13.8. The van der Waals surface area contributed by atoms with Crippen LogP contribution in [-0.2, 0) is 5.41 Å². The third-order valence-corrected chi connectivity index (χ3v) is 10.8. The van der Waals surface area contributed by atoms with Gasteiger partial charge in [-0.25, -0.2) is 9.97 Å². The van der Waals surface area contributed by atoms with Crippen molar-refractivity contribution in [2.45, 2.75) is 19.3 Å². The lowest BCUT2D eigenvalue weighted by atomic mass is 9.85. The monoisotopic (exact) mass is 608 g/mol. The summed E-state index contributed by atoms with van der Waals surface area (Å²) in [5.74, 6) is 0.695. The predicted molar refractivity (Wildman–Crippen MR) is 194 cm³/mol. The smallest absolute Gasteiger partial charge is 0.235 e. The van der Waals surface area contributed by atoms with E-state index in [1.807, 2.05) is 11.3 Å². The van der Waals surface area contributed by atoms with Crippen molar-refractivity contribution in [3.8, 4) is 22.9 Å². The summed E-state index contributed by atoms with van der Waals surface area (Å²) < 4.78 is 7.11. The zero-order chi connectivity index (χ0) is 30.6. The molecular formula is C41H28N4S. The maximum atomic E-state index is 5.56. The maximum absolute atomic E-state index is 5.56. The predicted octanol–water partition coefficient (Wildman–Crippen LogP) is 10.9. The Labute approximate surface area is 269 Å². The quantitative estimate of drug-likeness (QED) is 0.200. The molecule has 4 nitrogen and oxygen atoms in total. The van der Waals surface area contributed by atoms with Crippen LogP contribution in [0.5, 0.6) is 0 Å². The molecule has 0 radical (unpaired) electrons. The Morgan fingerprint density at radius 2 is 1.41 bits per heavy atom. The van der Waals surface area contributed by atoms with Gasteiger partial charge in [0.2, 0.25) is 5.95 Å². The third kappa shape index (κ3) is 3.49. The lowest BCUT2D eigenvalue weighted by molar-refractivity contribution is 0.677. The van der Waals surface area contributed by atoms with Crippen molar-refractivity contribution in [2.75, 3.05) is 0 Å². The molecule has 0 saturated carbocycles. The van der Waals surface area contributed by atoms with Crippen LogP contribution in [0.25, 0.3) is 81.9 Å². The normalized spacial score (nSPS) is 14.0. The largest absolute Gasteiger partial charge is 0.316 e. The van der Waals surface area contributed by atoms with E-state index in [1.54, 1.807) is 0 Å². The van der Waals surface area contributed by atoms with Gasteiger partial charge in [-0.1, -0.05) is 98.8 Å². The van der Waals surface area contributed by atoms with Gasteiger partial charge < -0.3 is 4.57 Å². The van der Waals surface area contributed by atoms with Crippen molar-refractivity contribution in [3.63, 3.8) is 0 Å². The van der Waals surface area contributed by atoms with E-state index in [1.165, 1.54) is 41.9 Å². The van der Waals surface area contributed by atoms with Crippen LogP contribution in [0.3, 0.4) is 0 Å². The maximum Gasteiger partial charge on any atom is 0.235 e. The second kappa shape index (κ2) is 9.25. The molecule has 0 amide bonds. The van der Waals surface area contributed by atoms with Gasteiger partial charge in [-0.15, -0.1) is 11.3 Å². The topological polar surface area (TPSA) is 35.6 Å². The van der Waals surface area contributed by atoms with Gasteiger partial charge in [0.05, 0.1) is 27.9 Å². The van der Waals surface area contributed by atoms with Crippen LogP contribution in [0.15, 0.2) is 128 Å². The summed E-state index contributed by atoms with van der Waals surface area (Å²) in [4.78, 5) is 10.9. The summed E-state index contributed by atoms with van der Waals surface area (Å²) in [6.45, 7) is 4.53. The number of aromatic nitrogens is 4. The van der Waals surface area contributed by atoms with Gasteiger partial charge in [0, 0.05) is 64.8 Å². The lowest BCUT2D eigenvalue weighted by Gasteiger charge is -2.22. The zero-order valence-corrected chi connectivity index (χ0v) is 26.2. The minimum atomic E-state index is -0.191. The molecule has 5 aromatic carbocycles. The van der Waals surface area contributed by atoms with Crippen LogP contribution in [0.2, 0.25) is 0 Å². The molecule has 0 bridgehead atoms. The Hall–Kier alpha value is -5.52. The number of fused-ring (bicyclic) bond motifs is 9. The van der Waals surface area contributed by atoms with E-state index in [9.17, 15) is 0 Å². The molecule has 1 aliphatic carbocycles. The first-order chi connectivity index (χ1) is 22.6. The number of allylic oxidation sites excluding steroid dienone is 1. The molecule has 5 heteroatoms. The zero-order valence-electron chi connectivity index (χ0n) is 25.4. The van der Waals surface area contributed by atoms with Gasteiger partial charge in [0.15, 0.2) is 0 Å². The van der Waals surface area contributed by atoms with Gasteiger partial charge in [0.1, 0.15) is 0 Å². The molecule has 0 saturated heterocycles. The van der Waals surface area contributed by atoms with Crippen LogP contribution in [-0.4, -0.2) is 19.1 Å². The van der Waals surface area contributed by atoms with Crippen LogP contribution in [0, 0.1) is 0 Å². The van der Waals surface area contributed by atoms with E-state index in [-0.39, 0.29) is 5.41 Å². The van der Waals surface area contributed by atoms with Crippen molar-refractivity contribution < 1.29 is 0 Å². The van der Waals surface area contributed by atoms with E-state index >= 15 is 0 Å². The van der Waals surface area contributed by atoms with E-state index in [4.69, 9.17) is 9.97 Å². The Balaban J connectivity index is 1.32. The molecule has 46 heavy (non-hydrogen) atoms. The second-order valence-electron chi connectivity index (χ2n) is 12.7. The molecule has 218 valence electrons. The summed E-state index contributed by atoms with van der Waals surface area (Å²) in [5, 5.41) is 6.13. The first kappa shape index (κ1) is 25.8. The molecule has 0 fully saturated rings. The fourth-order valence-electron chi connectivity index (χ4n) is 7.52. The number of rotatable bonds is 3. The average Bonchev–Trinajstić information content (AvgIpc) is 3.85. The lowest BCUT2D eigenvalue weighted by Crippen LogP contribution is -2.16. The summed E-state index contributed by atoms with van der Waals surface area (Å²) in [6.07, 6.45) is 6.63. The third-order valence-electron chi connectivity index (χ3n) is 9.62. The number of nitrogens with zero attached hydrogens (tertiary/aromatic N) is 4. The molecule has 4 aromatic heterocycles. The van der Waals surface area contributed by atoms with Crippen molar-refractivity contribution in [1.82, 2.24) is 19.1 Å². The molecule has 0 unspecified atom stereocenters. The highest BCUT2D eigenvalue weighted by Gasteiger charge is 2.33. The molecule has 1 aliphatic rings. The number of para-hydroxylation sites is 2. The van der Waals surface area contributed by atoms with Gasteiger partial charge in [-0.2, -0.15) is 0 Å². The van der Waals surface area contributed by atoms with Crippen molar-refractivity contribution in [1.29, 1.82) is 0 Å². The first-order valence-corrected chi connectivity index (χ1v) is 16.5. The Kier molecular flexibility index (Phi) is 5.18. The molecular weight excluding hydrogens is 581 g/mol. The van der Waals surface area contributed by atoms with E-state index in [0.717, 1.165) is 39.2 Å². The minimum absolute atomic E-state index is 0.191. The highest BCUT2D eigenvalue weighted by Crippen LogP contribution is 2.46. The first-order valence-electron chi connectivity index (χ1n) is 15.7. The summed E-state index contributed by atoms with van der Waals surface area (Å²) in [5.41, 5.74) is 8.67. The van der Waals surface area contributed by atoms with E-state index < -0.39 is 0 Å². The minimum Gasteiger partial charge on any atom is -0.316 e. The number of benzene rings is 5. The van der Waals surface area contributed by atoms with Crippen LogP contribution in [0.1, 0.15) is 25.1 Å². The molecule has 0 aliphatic heterocycles. The highest BCUT2D eigenvalue weighted by molar-refractivity contribution is 7.26. The summed E-state index contributed by atoms with van der Waals surface area (Å²) >= 11 is 1.85. The molecule has 9 aromatic rings. The van der Waals surface area contributed by atoms with Crippen molar-refractivity contribution in [3.05, 3.63) is 139 Å². The molecule has 0 N–H and O–H groups in total. The number of hydrogen-bond acceptors (Lipinski definition) is 3. The Morgan fingerprint density at radius 3 is 2.30 bits per heavy atom. The molecule has 0 spiro atoms. The van der Waals surface area contributed by atoms with Crippen LogP contribution >= 0.6 is 11.3 Å². The number of thiophene rings is 1. The van der Waals surface area contributed by atoms with Crippen molar-refractivity contribution in [2.24, 2.45) is 0 Å². The summed E-state index contributed by atoms with van der Waals surface area (Å²) in [7, 11) is 0. The van der Waals surface area contributed by atoms with E-state index in [2.05, 4.69) is 157 Å². The Bertz CT molecular complexity index is 2720.